The highest BCUT2D eigenvalue weighted by Crippen LogP contribution is 2.23. The molecule has 0 aliphatic carbocycles. The van der Waals surface area contributed by atoms with E-state index < -0.39 is 16.1 Å². The molecule has 1 saturated heterocycles. The summed E-state index contributed by atoms with van der Waals surface area (Å²) < 4.78 is 30.4. The number of para-hydroxylation sites is 1. The van der Waals surface area contributed by atoms with Crippen molar-refractivity contribution in [1.82, 2.24) is 14.6 Å². The fourth-order valence-corrected chi connectivity index (χ4v) is 4.17. The van der Waals surface area contributed by atoms with Crippen LogP contribution in [0.4, 0.5) is 0 Å². The second-order valence-corrected chi connectivity index (χ2v) is 7.94. The smallest absolute Gasteiger partial charge is 0.238 e. The Bertz CT molecular complexity index is 864. The Hall–Kier alpha value is -2.19. The normalized spacial score (nSPS) is 18.4. The van der Waals surface area contributed by atoms with E-state index in [4.69, 9.17) is 4.74 Å². The molecule has 134 valence electrons. The van der Waals surface area contributed by atoms with Gasteiger partial charge in [-0.05, 0) is 25.0 Å². The number of carbonyl (C=O) groups is 1. The fourth-order valence-electron chi connectivity index (χ4n) is 3.04. The van der Waals surface area contributed by atoms with E-state index in [0.717, 1.165) is 17.2 Å². The number of nitrogens with zero attached hydrogens (tertiary/aromatic N) is 2. The predicted octanol–water partition coefficient (Wildman–Crippen LogP) is 1.15. The van der Waals surface area contributed by atoms with Gasteiger partial charge in [0.05, 0.1) is 12.8 Å². The lowest BCUT2D eigenvalue weighted by Crippen LogP contribution is -2.46. The minimum Gasteiger partial charge on any atom is -0.489 e. The average molecular weight is 363 g/mol. The van der Waals surface area contributed by atoms with Gasteiger partial charge in [0.25, 0.3) is 0 Å². The van der Waals surface area contributed by atoms with Gasteiger partial charge in [0.1, 0.15) is 23.9 Å². The van der Waals surface area contributed by atoms with Gasteiger partial charge in [-0.2, -0.15) is 4.31 Å². The van der Waals surface area contributed by atoms with Crippen molar-refractivity contribution in [2.75, 3.05) is 26.0 Å². The summed E-state index contributed by atoms with van der Waals surface area (Å²) in [6, 6.07) is 8.88. The molecule has 1 N–H and O–H groups in total. The SMILES string of the molecule is CS(=O)(=O)N1CCC[C@H]1C(=O)NCCOc1cccc2cccnc12. The summed E-state index contributed by atoms with van der Waals surface area (Å²) in [5.74, 6) is 0.383. The lowest BCUT2D eigenvalue weighted by atomic mass is 10.2. The molecule has 8 heteroatoms. The Morgan fingerprint density at radius 3 is 2.96 bits per heavy atom. The molecule has 3 rings (SSSR count). The van der Waals surface area contributed by atoms with E-state index in [1.807, 2.05) is 30.3 Å². The lowest BCUT2D eigenvalue weighted by Gasteiger charge is -2.21. The molecule has 7 nitrogen and oxygen atoms in total. The number of benzene rings is 1. The van der Waals surface area contributed by atoms with Crippen LogP contribution < -0.4 is 10.1 Å². The highest BCUT2D eigenvalue weighted by molar-refractivity contribution is 7.88. The van der Waals surface area contributed by atoms with Crippen LogP contribution in [0.1, 0.15) is 12.8 Å². The minimum absolute atomic E-state index is 0.275. The number of pyridine rings is 1. The molecule has 1 aromatic carbocycles. The third kappa shape index (κ3) is 4.08. The Morgan fingerprint density at radius 2 is 2.16 bits per heavy atom. The number of carbonyl (C=O) groups excluding carboxylic acids is 1. The van der Waals surface area contributed by atoms with Crippen LogP contribution in [0, 0.1) is 0 Å². The lowest BCUT2D eigenvalue weighted by molar-refractivity contribution is -0.124. The van der Waals surface area contributed by atoms with Gasteiger partial charge >= 0.3 is 0 Å². The van der Waals surface area contributed by atoms with Crippen molar-refractivity contribution >= 4 is 26.8 Å². The Morgan fingerprint density at radius 1 is 1.36 bits per heavy atom. The summed E-state index contributed by atoms with van der Waals surface area (Å²) in [6.45, 7) is 0.984. The summed E-state index contributed by atoms with van der Waals surface area (Å²) in [5, 5.41) is 3.74. The summed E-state index contributed by atoms with van der Waals surface area (Å²) in [6.07, 6.45) is 4.09. The maximum absolute atomic E-state index is 12.2. The van der Waals surface area contributed by atoms with Gasteiger partial charge < -0.3 is 10.1 Å². The molecule has 1 aliphatic heterocycles. The maximum atomic E-state index is 12.2. The number of sulfonamides is 1. The van der Waals surface area contributed by atoms with Crippen molar-refractivity contribution in [2.24, 2.45) is 0 Å². The van der Waals surface area contributed by atoms with Crippen molar-refractivity contribution in [3.63, 3.8) is 0 Å². The van der Waals surface area contributed by atoms with Gasteiger partial charge in [-0.1, -0.05) is 18.2 Å². The Balaban J connectivity index is 1.54. The van der Waals surface area contributed by atoms with Crippen LogP contribution >= 0.6 is 0 Å². The Labute approximate surface area is 147 Å². The number of amides is 1. The van der Waals surface area contributed by atoms with Gasteiger partial charge in [-0.25, -0.2) is 8.42 Å². The summed E-state index contributed by atoms with van der Waals surface area (Å²) in [5.41, 5.74) is 0.773. The highest BCUT2D eigenvalue weighted by Gasteiger charge is 2.36. The molecule has 0 saturated carbocycles. The fraction of sp³-hybridized carbons (Fsp3) is 0.412. The minimum atomic E-state index is -3.36. The van der Waals surface area contributed by atoms with Gasteiger partial charge in [-0.3, -0.25) is 9.78 Å². The molecule has 0 unspecified atom stereocenters. The largest absolute Gasteiger partial charge is 0.489 e. The van der Waals surface area contributed by atoms with Gasteiger partial charge in [0.15, 0.2) is 0 Å². The Kier molecular flexibility index (Phi) is 5.19. The van der Waals surface area contributed by atoms with E-state index in [1.165, 1.54) is 4.31 Å². The zero-order chi connectivity index (χ0) is 17.9. The molecule has 25 heavy (non-hydrogen) atoms. The molecular formula is C17H21N3O4S. The molecule has 1 aliphatic rings. The molecule has 1 aromatic heterocycles. The van der Waals surface area contributed by atoms with Crippen LogP contribution in [0.15, 0.2) is 36.5 Å². The molecule has 2 aromatic rings. The number of rotatable bonds is 6. The first kappa shape index (κ1) is 17.6. The van der Waals surface area contributed by atoms with Crippen molar-refractivity contribution in [3.05, 3.63) is 36.5 Å². The number of aromatic nitrogens is 1. The summed E-state index contributed by atoms with van der Waals surface area (Å²) in [7, 11) is -3.36. The monoisotopic (exact) mass is 363 g/mol. The average Bonchev–Trinajstić information content (AvgIpc) is 3.09. The van der Waals surface area contributed by atoms with E-state index in [-0.39, 0.29) is 12.5 Å². The maximum Gasteiger partial charge on any atom is 0.238 e. The second kappa shape index (κ2) is 7.37. The van der Waals surface area contributed by atoms with E-state index in [1.54, 1.807) is 6.20 Å². The first-order valence-corrected chi connectivity index (χ1v) is 10.0. The summed E-state index contributed by atoms with van der Waals surface area (Å²) >= 11 is 0. The van der Waals surface area contributed by atoms with Gasteiger partial charge in [0, 0.05) is 18.1 Å². The van der Waals surface area contributed by atoms with Crippen LogP contribution in [0.25, 0.3) is 10.9 Å². The van der Waals surface area contributed by atoms with E-state index in [0.29, 0.717) is 31.7 Å². The first-order chi connectivity index (χ1) is 12.0. The predicted molar refractivity (Wildman–Crippen MR) is 94.8 cm³/mol. The molecule has 0 radical (unpaired) electrons. The van der Waals surface area contributed by atoms with Crippen LogP contribution in [-0.2, 0) is 14.8 Å². The van der Waals surface area contributed by atoms with Crippen LogP contribution in [0.3, 0.4) is 0 Å². The zero-order valence-corrected chi connectivity index (χ0v) is 14.8. The number of nitrogens with one attached hydrogen (secondary N) is 1. The zero-order valence-electron chi connectivity index (χ0n) is 14.0. The molecule has 1 amide bonds. The number of fused-ring (bicyclic) bond motifs is 1. The second-order valence-electron chi connectivity index (χ2n) is 6.00. The number of hydrogen-bond donors (Lipinski definition) is 1. The van der Waals surface area contributed by atoms with E-state index >= 15 is 0 Å². The number of ether oxygens (including phenoxy) is 1. The van der Waals surface area contributed by atoms with Crippen molar-refractivity contribution in [3.8, 4) is 5.75 Å². The standard InChI is InChI=1S/C17H21N3O4S/c1-25(22,23)20-11-4-7-14(20)17(21)19-10-12-24-15-8-2-5-13-6-3-9-18-16(13)15/h2-3,5-6,8-9,14H,4,7,10-12H2,1H3,(H,19,21)/t14-/m0/s1. The molecular weight excluding hydrogens is 342 g/mol. The molecule has 0 spiro atoms. The molecule has 1 atom stereocenters. The van der Waals surface area contributed by atoms with Gasteiger partial charge in [-0.15, -0.1) is 0 Å². The highest BCUT2D eigenvalue weighted by atomic mass is 32.2. The molecule has 2 heterocycles. The van der Waals surface area contributed by atoms with E-state index in [9.17, 15) is 13.2 Å². The van der Waals surface area contributed by atoms with Crippen molar-refractivity contribution in [2.45, 2.75) is 18.9 Å². The van der Waals surface area contributed by atoms with Crippen LogP contribution in [0.5, 0.6) is 5.75 Å². The van der Waals surface area contributed by atoms with E-state index in [2.05, 4.69) is 10.3 Å². The topological polar surface area (TPSA) is 88.6 Å². The summed E-state index contributed by atoms with van der Waals surface area (Å²) in [4.78, 5) is 16.6. The third-order valence-electron chi connectivity index (χ3n) is 4.19. The third-order valence-corrected chi connectivity index (χ3v) is 5.48. The van der Waals surface area contributed by atoms with Crippen molar-refractivity contribution in [1.29, 1.82) is 0 Å². The van der Waals surface area contributed by atoms with Crippen LogP contribution in [-0.4, -0.2) is 55.6 Å². The number of hydrogen-bond acceptors (Lipinski definition) is 5. The molecule has 0 bridgehead atoms. The van der Waals surface area contributed by atoms with Gasteiger partial charge in [0.2, 0.25) is 15.9 Å². The molecule has 1 fully saturated rings. The first-order valence-electron chi connectivity index (χ1n) is 8.18. The van der Waals surface area contributed by atoms with Crippen LogP contribution in [0.2, 0.25) is 0 Å². The van der Waals surface area contributed by atoms with Crippen molar-refractivity contribution < 1.29 is 17.9 Å². The quantitative estimate of drug-likeness (QED) is 0.778.